The van der Waals surface area contributed by atoms with Crippen molar-refractivity contribution in [3.8, 4) is 5.75 Å². The molecule has 5 nitrogen and oxygen atoms in total. The fourth-order valence-electron chi connectivity index (χ4n) is 5.28. The van der Waals surface area contributed by atoms with Gasteiger partial charge in [-0.15, -0.1) is 0 Å². The van der Waals surface area contributed by atoms with E-state index in [1.807, 2.05) is 72.8 Å². The molecule has 1 fully saturated rings. The maximum atomic E-state index is 14.1. The van der Waals surface area contributed by atoms with Crippen LogP contribution in [0, 0.1) is 0 Å². The molecule has 1 saturated carbocycles. The number of amides is 1. The molecule has 0 saturated heterocycles. The van der Waals surface area contributed by atoms with E-state index in [0.29, 0.717) is 5.02 Å². The zero-order valence-corrected chi connectivity index (χ0v) is 20.1. The first-order chi connectivity index (χ1) is 16.6. The number of rotatable bonds is 6. The predicted molar refractivity (Wildman–Crippen MR) is 138 cm³/mol. The highest BCUT2D eigenvalue weighted by Crippen LogP contribution is 2.48. The van der Waals surface area contributed by atoms with E-state index in [0.717, 1.165) is 53.9 Å². The van der Waals surface area contributed by atoms with Crippen LogP contribution in [0.1, 0.15) is 49.1 Å². The Morgan fingerprint density at radius 3 is 2.29 bits per heavy atom. The second-order valence-electron chi connectivity index (χ2n) is 9.16. The third kappa shape index (κ3) is 4.32. The topological polar surface area (TPSA) is 62.4 Å². The number of carbonyl (C=O) groups is 1. The smallest absolute Gasteiger partial charge is 0.232 e. The largest absolute Gasteiger partial charge is 0.497 e. The molecule has 3 aromatic carbocycles. The van der Waals surface area contributed by atoms with Crippen molar-refractivity contribution in [2.75, 3.05) is 17.7 Å². The normalized spacial score (nSPS) is 17.7. The van der Waals surface area contributed by atoms with Gasteiger partial charge in [-0.25, -0.2) is 0 Å². The van der Waals surface area contributed by atoms with E-state index in [2.05, 4.69) is 16.0 Å². The van der Waals surface area contributed by atoms with Crippen LogP contribution < -0.4 is 20.7 Å². The monoisotopic (exact) mass is 475 g/mol. The summed E-state index contributed by atoms with van der Waals surface area (Å²) in [5, 5.41) is 11.4. The number of methoxy groups -OCH3 is 1. The summed E-state index contributed by atoms with van der Waals surface area (Å²) < 4.78 is 5.52. The number of nitrogens with one attached hydrogen (secondary N) is 3. The van der Waals surface area contributed by atoms with E-state index in [1.165, 1.54) is 6.42 Å². The quantitative estimate of drug-likeness (QED) is 0.393. The molecule has 6 heteroatoms. The summed E-state index contributed by atoms with van der Waals surface area (Å²) in [5.74, 6) is 0.135. The number of hydrogen-bond acceptors (Lipinski definition) is 4. The molecule has 0 spiro atoms. The second kappa shape index (κ2) is 9.59. The molecule has 0 radical (unpaired) electrons. The van der Waals surface area contributed by atoms with Crippen LogP contribution in [0.5, 0.6) is 5.75 Å². The summed E-state index contributed by atoms with van der Waals surface area (Å²) in [4.78, 5) is 14.1. The summed E-state index contributed by atoms with van der Waals surface area (Å²) in [5.41, 5.74) is 2.81. The fourth-order valence-corrected chi connectivity index (χ4v) is 5.40. The minimum absolute atomic E-state index is 0.0112. The van der Waals surface area contributed by atoms with Gasteiger partial charge in [-0.05, 0) is 60.4 Å². The molecule has 1 unspecified atom stereocenters. The highest BCUT2D eigenvalue weighted by molar-refractivity contribution is 6.30. The van der Waals surface area contributed by atoms with E-state index in [4.69, 9.17) is 16.3 Å². The van der Waals surface area contributed by atoms with Crippen molar-refractivity contribution >= 4 is 28.9 Å². The molecule has 3 aromatic rings. The average molecular weight is 476 g/mol. The SMILES string of the molecule is COc1cccc(C(C(=O)NC2CCCCC2)C2(c3ccc(Cl)cc3)Nc3ccccc3N2)c1. The van der Waals surface area contributed by atoms with E-state index in [-0.39, 0.29) is 11.9 Å². The third-order valence-corrected chi connectivity index (χ3v) is 7.22. The van der Waals surface area contributed by atoms with Crippen LogP contribution in [0.4, 0.5) is 11.4 Å². The maximum absolute atomic E-state index is 14.1. The highest BCUT2D eigenvalue weighted by Gasteiger charge is 2.49. The summed E-state index contributed by atoms with van der Waals surface area (Å²) in [6.07, 6.45) is 5.58. The van der Waals surface area contributed by atoms with Crippen LogP contribution in [0.2, 0.25) is 5.02 Å². The Hall–Kier alpha value is -3.18. The summed E-state index contributed by atoms with van der Waals surface area (Å²) in [7, 11) is 1.65. The van der Waals surface area contributed by atoms with Gasteiger partial charge in [0.1, 0.15) is 11.7 Å². The third-order valence-electron chi connectivity index (χ3n) is 6.96. The second-order valence-corrected chi connectivity index (χ2v) is 9.60. The zero-order valence-electron chi connectivity index (χ0n) is 19.3. The number of hydrogen-bond donors (Lipinski definition) is 3. The van der Waals surface area contributed by atoms with Gasteiger partial charge >= 0.3 is 0 Å². The summed E-state index contributed by atoms with van der Waals surface area (Å²) in [6.45, 7) is 0. The van der Waals surface area contributed by atoms with Crippen molar-refractivity contribution in [3.63, 3.8) is 0 Å². The van der Waals surface area contributed by atoms with Crippen LogP contribution >= 0.6 is 11.6 Å². The molecule has 3 N–H and O–H groups in total. The van der Waals surface area contributed by atoms with E-state index in [9.17, 15) is 4.79 Å². The van der Waals surface area contributed by atoms with Gasteiger partial charge in [0.15, 0.2) is 5.66 Å². The van der Waals surface area contributed by atoms with Crippen molar-refractivity contribution < 1.29 is 9.53 Å². The first-order valence-corrected chi connectivity index (χ1v) is 12.3. The Kier molecular flexibility index (Phi) is 6.38. The lowest BCUT2D eigenvalue weighted by atomic mass is 9.80. The molecule has 5 rings (SSSR count). The lowest BCUT2D eigenvalue weighted by Gasteiger charge is -2.39. The Labute approximate surface area is 205 Å². The number of para-hydroxylation sites is 2. The van der Waals surface area contributed by atoms with E-state index >= 15 is 0 Å². The van der Waals surface area contributed by atoms with Gasteiger partial charge in [0.2, 0.25) is 5.91 Å². The minimum Gasteiger partial charge on any atom is -0.497 e. The van der Waals surface area contributed by atoms with Crippen molar-refractivity contribution in [1.82, 2.24) is 5.32 Å². The van der Waals surface area contributed by atoms with Gasteiger partial charge in [-0.2, -0.15) is 0 Å². The molecule has 2 aliphatic rings. The van der Waals surface area contributed by atoms with Gasteiger partial charge in [0, 0.05) is 11.1 Å². The predicted octanol–water partition coefficient (Wildman–Crippen LogP) is 6.27. The molecule has 0 bridgehead atoms. The summed E-state index contributed by atoms with van der Waals surface area (Å²) in [6, 6.07) is 23.7. The van der Waals surface area contributed by atoms with E-state index < -0.39 is 11.6 Å². The Balaban J connectivity index is 1.63. The zero-order chi connectivity index (χ0) is 23.5. The maximum Gasteiger partial charge on any atom is 0.232 e. The van der Waals surface area contributed by atoms with Gasteiger partial charge < -0.3 is 20.7 Å². The Morgan fingerprint density at radius 2 is 1.65 bits per heavy atom. The first kappa shape index (κ1) is 22.6. The minimum atomic E-state index is -0.903. The Bertz CT molecular complexity index is 1130. The molecule has 1 aliphatic carbocycles. The van der Waals surface area contributed by atoms with Gasteiger partial charge in [-0.3, -0.25) is 4.79 Å². The number of anilines is 2. The van der Waals surface area contributed by atoms with E-state index in [1.54, 1.807) is 7.11 Å². The molecule has 1 amide bonds. The number of fused-ring (bicyclic) bond motifs is 1. The standard InChI is InChI=1S/C28H30ClN3O2/c1-34-23-11-7-8-19(18-23)26(27(33)30-22-9-3-2-4-10-22)28(20-14-16-21(29)17-15-20)31-24-12-5-6-13-25(24)32-28/h5-8,11-18,22,26,31-32H,2-4,9-10H2,1H3,(H,30,33). The molecular weight excluding hydrogens is 446 g/mol. The van der Waals surface area contributed by atoms with Crippen molar-refractivity contribution in [3.05, 3.63) is 88.9 Å². The molecular formula is C28H30ClN3O2. The molecule has 34 heavy (non-hydrogen) atoms. The van der Waals surface area contributed by atoms with Crippen LogP contribution in [0.25, 0.3) is 0 Å². The lowest BCUT2D eigenvalue weighted by molar-refractivity contribution is -0.124. The number of carbonyl (C=O) groups excluding carboxylic acids is 1. The first-order valence-electron chi connectivity index (χ1n) is 11.9. The van der Waals surface area contributed by atoms with Crippen LogP contribution in [0.3, 0.4) is 0 Å². The van der Waals surface area contributed by atoms with Crippen molar-refractivity contribution in [2.24, 2.45) is 0 Å². The number of benzene rings is 3. The van der Waals surface area contributed by atoms with Crippen LogP contribution in [0.15, 0.2) is 72.8 Å². The number of ether oxygens (including phenoxy) is 1. The summed E-state index contributed by atoms with van der Waals surface area (Å²) >= 11 is 6.24. The van der Waals surface area contributed by atoms with Crippen LogP contribution in [-0.2, 0) is 10.5 Å². The average Bonchev–Trinajstić information content (AvgIpc) is 3.25. The number of halogens is 1. The van der Waals surface area contributed by atoms with Crippen LogP contribution in [-0.4, -0.2) is 19.1 Å². The molecule has 1 atom stereocenters. The van der Waals surface area contributed by atoms with Gasteiger partial charge in [0.05, 0.1) is 18.5 Å². The van der Waals surface area contributed by atoms with Crippen molar-refractivity contribution in [1.29, 1.82) is 0 Å². The fraction of sp³-hybridized carbons (Fsp3) is 0.321. The Morgan fingerprint density at radius 1 is 0.971 bits per heavy atom. The lowest BCUT2D eigenvalue weighted by Crippen LogP contribution is -2.52. The molecule has 1 heterocycles. The highest BCUT2D eigenvalue weighted by atomic mass is 35.5. The van der Waals surface area contributed by atoms with Crippen molar-refractivity contribution in [2.45, 2.75) is 49.7 Å². The molecule has 1 aliphatic heterocycles. The van der Waals surface area contributed by atoms with Gasteiger partial charge in [-0.1, -0.05) is 67.3 Å². The molecule has 176 valence electrons. The van der Waals surface area contributed by atoms with Gasteiger partial charge in [0.25, 0.3) is 0 Å². The molecule has 0 aromatic heterocycles.